The predicted molar refractivity (Wildman–Crippen MR) is 77.1 cm³/mol. The normalized spacial score (nSPS) is 16.7. The van der Waals surface area contributed by atoms with E-state index in [-0.39, 0.29) is 11.5 Å². The van der Waals surface area contributed by atoms with Crippen molar-refractivity contribution in [2.45, 2.75) is 38.2 Å². The van der Waals surface area contributed by atoms with Crippen LogP contribution in [0.15, 0.2) is 24.3 Å². The van der Waals surface area contributed by atoms with E-state index >= 15 is 0 Å². The van der Waals surface area contributed by atoms with E-state index in [4.69, 9.17) is 10.5 Å². The lowest BCUT2D eigenvalue weighted by Gasteiger charge is -2.41. The van der Waals surface area contributed by atoms with E-state index in [1.165, 1.54) is 0 Å². The molecular weight excluding hydrogens is 240 g/mol. The standard InChI is InChI=1S/C15H22N2O2/c1-3-17(13-8-5-4-7-12(13)16)14(18)11-15(19-2)9-6-10-15/h4-5,7-8H,3,6,9-11,16H2,1-2H3. The molecule has 1 fully saturated rings. The minimum Gasteiger partial charge on any atom is -0.397 e. The Morgan fingerprint density at radius 2 is 2.11 bits per heavy atom. The number of nitrogens with two attached hydrogens (primary N) is 1. The molecule has 1 aromatic carbocycles. The minimum atomic E-state index is -0.242. The number of methoxy groups -OCH3 is 1. The highest BCUT2D eigenvalue weighted by Crippen LogP contribution is 2.39. The lowest BCUT2D eigenvalue weighted by atomic mass is 9.77. The first-order chi connectivity index (χ1) is 9.12. The van der Waals surface area contributed by atoms with Crippen LogP contribution in [0.5, 0.6) is 0 Å². The number of carbonyl (C=O) groups excluding carboxylic acids is 1. The first-order valence-corrected chi connectivity index (χ1v) is 6.82. The van der Waals surface area contributed by atoms with Gasteiger partial charge in [-0.15, -0.1) is 0 Å². The van der Waals surface area contributed by atoms with Gasteiger partial charge in [0.15, 0.2) is 0 Å². The maximum atomic E-state index is 12.5. The number of anilines is 2. The zero-order valence-corrected chi connectivity index (χ0v) is 11.7. The van der Waals surface area contributed by atoms with Crippen molar-refractivity contribution in [3.05, 3.63) is 24.3 Å². The molecule has 0 aromatic heterocycles. The monoisotopic (exact) mass is 262 g/mol. The number of hydrogen-bond donors (Lipinski definition) is 1. The molecule has 19 heavy (non-hydrogen) atoms. The second-order valence-corrected chi connectivity index (χ2v) is 5.11. The third kappa shape index (κ3) is 2.73. The summed E-state index contributed by atoms with van der Waals surface area (Å²) < 4.78 is 5.53. The SMILES string of the molecule is CCN(C(=O)CC1(OC)CCC1)c1ccccc1N. The highest BCUT2D eigenvalue weighted by atomic mass is 16.5. The fourth-order valence-corrected chi connectivity index (χ4v) is 2.61. The number of amides is 1. The highest BCUT2D eigenvalue weighted by molar-refractivity contribution is 5.96. The fraction of sp³-hybridized carbons (Fsp3) is 0.533. The second kappa shape index (κ2) is 5.61. The summed E-state index contributed by atoms with van der Waals surface area (Å²) in [5.74, 6) is 0.0851. The van der Waals surface area contributed by atoms with Crippen LogP contribution >= 0.6 is 0 Å². The van der Waals surface area contributed by atoms with Crippen molar-refractivity contribution in [1.29, 1.82) is 0 Å². The van der Waals surface area contributed by atoms with E-state index < -0.39 is 0 Å². The van der Waals surface area contributed by atoms with E-state index in [9.17, 15) is 4.79 Å². The first-order valence-electron chi connectivity index (χ1n) is 6.82. The molecule has 0 spiro atoms. The molecule has 0 radical (unpaired) electrons. The van der Waals surface area contributed by atoms with Gasteiger partial charge in [-0.25, -0.2) is 0 Å². The van der Waals surface area contributed by atoms with Crippen molar-refractivity contribution >= 4 is 17.3 Å². The first kappa shape index (κ1) is 13.9. The topological polar surface area (TPSA) is 55.6 Å². The van der Waals surface area contributed by atoms with Crippen molar-refractivity contribution in [3.63, 3.8) is 0 Å². The second-order valence-electron chi connectivity index (χ2n) is 5.11. The molecule has 0 aliphatic heterocycles. The number of rotatable bonds is 5. The number of benzene rings is 1. The van der Waals surface area contributed by atoms with Crippen molar-refractivity contribution in [2.24, 2.45) is 0 Å². The number of hydrogen-bond acceptors (Lipinski definition) is 3. The van der Waals surface area contributed by atoms with E-state index in [0.29, 0.717) is 18.7 Å². The molecule has 0 saturated heterocycles. The van der Waals surface area contributed by atoms with Crippen LogP contribution in [0.25, 0.3) is 0 Å². The van der Waals surface area contributed by atoms with Crippen molar-refractivity contribution in [2.75, 3.05) is 24.3 Å². The third-order valence-electron chi connectivity index (χ3n) is 4.02. The van der Waals surface area contributed by atoms with Gasteiger partial charge in [0, 0.05) is 13.7 Å². The van der Waals surface area contributed by atoms with Gasteiger partial charge in [-0.05, 0) is 38.3 Å². The lowest BCUT2D eigenvalue weighted by molar-refractivity contribution is -0.131. The third-order valence-corrected chi connectivity index (χ3v) is 4.02. The summed E-state index contributed by atoms with van der Waals surface area (Å²) in [5.41, 5.74) is 7.14. The smallest absolute Gasteiger partial charge is 0.229 e. The van der Waals surface area contributed by atoms with Crippen molar-refractivity contribution in [1.82, 2.24) is 0 Å². The van der Waals surface area contributed by atoms with Gasteiger partial charge in [-0.2, -0.15) is 0 Å². The lowest BCUT2D eigenvalue weighted by Crippen LogP contribution is -2.45. The Kier molecular flexibility index (Phi) is 4.10. The molecule has 0 unspecified atom stereocenters. The molecule has 0 heterocycles. The summed E-state index contributed by atoms with van der Waals surface area (Å²) >= 11 is 0. The largest absolute Gasteiger partial charge is 0.397 e. The van der Waals surface area contributed by atoms with E-state index in [0.717, 1.165) is 24.9 Å². The van der Waals surface area contributed by atoms with Gasteiger partial charge in [-0.1, -0.05) is 12.1 Å². The summed E-state index contributed by atoms with van der Waals surface area (Å²) in [4.78, 5) is 14.2. The Balaban J connectivity index is 2.14. The molecule has 2 rings (SSSR count). The molecule has 0 bridgehead atoms. The van der Waals surface area contributed by atoms with Gasteiger partial charge < -0.3 is 15.4 Å². The average molecular weight is 262 g/mol. The molecule has 1 aliphatic carbocycles. The predicted octanol–water partition coefficient (Wildman–Crippen LogP) is 2.58. The Morgan fingerprint density at radius 1 is 1.42 bits per heavy atom. The van der Waals surface area contributed by atoms with Crippen LogP contribution in [0.3, 0.4) is 0 Å². The molecule has 1 aromatic rings. The van der Waals surface area contributed by atoms with Crippen LogP contribution in [-0.2, 0) is 9.53 Å². The summed E-state index contributed by atoms with van der Waals surface area (Å²) in [5, 5.41) is 0. The fourth-order valence-electron chi connectivity index (χ4n) is 2.61. The van der Waals surface area contributed by atoms with Crippen LogP contribution in [0.1, 0.15) is 32.6 Å². The van der Waals surface area contributed by atoms with E-state index in [1.807, 2.05) is 31.2 Å². The van der Waals surface area contributed by atoms with Crippen LogP contribution in [-0.4, -0.2) is 25.2 Å². The number of carbonyl (C=O) groups is 1. The summed E-state index contributed by atoms with van der Waals surface area (Å²) in [6, 6.07) is 7.48. The molecular formula is C15H22N2O2. The van der Waals surface area contributed by atoms with Gasteiger partial charge in [-0.3, -0.25) is 4.79 Å². The number of ether oxygens (including phenoxy) is 1. The molecule has 4 heteroatoms. The van der Waals surface area contributed by atoms with Gasteiger partial charge in [0.05, 0.1) is 23.4 Å². The van der Waals surface area contributed by atoms with E-state index in [1.54, 1.807) is 12.0 Å². The molecule has 2 N–H and O–H groups in total. The van der Waals surface area contributed by atoms with E-state index in [2.05, 4.69) is 0 Å². The van der Waals surface area contributed by atoms with Gasteiger partial charge >= 0.3 is 0 Å². The van der Waals surface area contributed by atoms with Crippen LogP contribution in [0.4, 0.5) is 11.4 Å². The van der Waals surface area contributed by atoms with Crippen LogP contribution in [0, 0.1) is 0 Å². The highest BCUT2D eigenvalue weighted by Gasteiger charge is 2.40. The molecule has 1 amide bonds. The van der Waals surface area contributed by atoms with Gasteiger partial charge in [0.2, 0.25) is 5.91 Å². The maximum Gasteiger partial charge on any atom is 0.229 e. The zero-order chi connectivity index (χ0) is 13.9. The molecule has 1 aliphatic rings. The zero-order valence-electron chi connectivity index (χ0n) is 11.7. The molecule has 104 valence electrons. The Morgan fingerprint density at radius 3 is 2.58 bits per heavy atom. The van der Waals surface area contributed by atoms with Gasteiger partial charge in [0.1, 0.15) is 0 Å². The van der Waals surface area contributed by atoms with Crippen molar-refractivity contribution in [3.8, 4) is 0 Å². The van der Waals surface area contributed by atoms with Crippen molar-refractivity contribution < 1.29 is 9.53 Å². The molecule has 4 nitrogen and oxygen atoms in total. The van der Waals surface area contributed by atoms with Crippen LogP contribution < -0.4 is 10.6 Å². The molecule has 1 saturated carbocycles. The Hall–Kier alpha value is -1.55. The van der Waals surface area contributed by atoms with Crippen LogP contribution in [0.2, 0.25) is 0 Å². The maximum absolute atomic E-state index is 12.5. The number of nitrogen functional groups attached to an aromatic ring is 1. The summed E-state index contributed by atoms with van der Waals surface area (Å²) in [7, 11) is 1.69. The number of para-hydroxylation sites is 2. The van der Waals surface area contributed by atoms with Gasteiger partial charge in [0.25, 0.3) is 0 Å². The quantitative estimate of drug-likeness (QED) is 0.830. The summed E-state index contributed by atoms with van der Waals surface area (Å²) in [6.07, 6.45) is 3.51. The minimum absolute atomic E-state index is 0.0851. The average Bonchev–Trinajstić information content (AvgIpc) is 2.37. The Bertz CT molecular complexity index is 450. The number of nitrogens with zero attached hydrogens (tertiary/aromatic N) is 1. The summed E-state index contributed by atoms with van der Waals surface area (Å²) in [6.45, 7) is 2.58. The Labute approximate surface area is 114 Å². The molecule has 0 atom stereocenters.